The van der Waals surface area contributed by atoms with Gasteiger partial charge in [-0.1, -0.05) is 0 Å². The first-order valence-electron chi connectivity index (χ1n) is 3.30. The molecule has 0 aliphatic heterocycles. The molecule has 0 aliphatic carbocycles. The van der Waals surface area contributed by atoms with Crippen LogP contribution in [0.15, 0.2) is 17.0 Å². The van der Waals surface area contributed by atoms with Gasteiger partial charge in [0.2, 0.25) is 10.0 Å². The number of rotatable bonds is 2. The summed E-state index contributed by atoms with van der Waals surface area (Å²) in [6.45, 7) is 0. The zero-order valence-electron chi connectivity index (χ0n) is 6.91. The molecule has 1 aromatic rings. The Morgan fingerprint density at radius 3 is 2.13 bits per heavy atom. The normalized spacial score (nSPS) is 12.0. The number of sulfonamides is 1. The van der Waals surface area contributed by atoms with Crippen molar-refractivity contribution >= 4 is 29.8 Å². The molecule has 2 N–H and O–H groups in total. The van der Waals surface area contributed by atoms with Crippen LogP contribution >= 0.6 is 19.8 Å². The second-order valence-corrected chi connectivity index (χ2v) is 6.31. The summed E-state index contributed by atoms with van der Waals surface area (Å²) in [7, 11) is -4.46. The molecule has 0 unspecified atom stereocenters. The molecule has 15 heavy (non-hydrogen) atoms. The fourth-order valence-electron chi connectivity index (χ4n) is 0.889. The highest BCUT2D eigenvalue weighted by Gasteiger charge is 2.23. The van der Waals surface area contributed by atoms with Crippen LogP contribution in [0.3, 0.4) is 0 Å². The molecule has 0 aromatic heterocycles. The van der Waals surface area contributed by atoms with Crippen LogP contribution in [-0.4, -0.2) is 8.42 Å². The first-order valence-corrected chi connectivity index (χ1v) is 7.69. The Labute approximate surface area is 90.5 Å². The number of hydrogen-bond donors (Lipinski definition) is 1. The summed E-state index contributed by atoms with van der Waals surface area (Å²) >= 11 is -4.40. The quantitative estimate of drug-likeness (QED) is 0.635. The summed E-state index contributed by atoms with van der Waals surface area (Å²) in [5.41, 5.74) is 0. The third-order valence-corrected chi connectivity index (χ3v) is 4.70. The number of hydrogen-bond acceptors (Lipinski definition) is 4. The topological polar surface area (TPSA) is 94.3 Å². The molecular formula is C6H4F2INO4S. The van der Waals surface area contributed by atoms with E-state index < -0.39 is 49.9 Å². The lowest BCUT2D eigenvalue weighted by atomic mass is 10.3. The summed E-state index contributed by atoms with van der Waals surface area (Å²) in [4.78, 5) is -1.05. The Morgan fingerprint density at radius 1 is 1.20 bits per heavy atom. The minimum atomic E-state index is -4.46. The Kier molecular flexibility index (Phi) is 3.35. The number of primary sulfonamides is 1. The van der Waals surface area contributed by atoms with E-state index in [2.05, 4.69) is 5.14 Å². The van der Waals surface area contributed by atoms with Crippen molar-refractivity contribution < 1.29 is 23.3 Å². The molecular weight excluding hydrogens is 347 g/mol. The highest BCUT2D eigenvalue weighted by molar-refractivity contribution is 14.2. The third-order valence-electron chi connectivity index (χ3n) is 1.42. The highest BCUT2D eigenvalue weighted by Crippen LogP contribution is 2.28. The molecule has 0 spiro atoms. The maximum absolute atomic E-state index is 13.0. The molecule has 0 aliphatic rings. The summed E-state index contributed by atoms with van der Waals surface area (Å²) in [6, 6.07) is 0.651. The van der Waals surface area contributed by atoms with Crippen molar-refractivity contribution in [2.24, 2.45) is 5.14 Å². The van der Waals surface area contributed by atoms with Gasteiger partial charge in [0.05, 0.1) is 0 Å². The summed E-state index contributed by atoms with van der Waals surface area (Å²) in [5.74, 6) is -2.66. The Balaban J connectivity index is 3.78. The Morgan fingerprint density at radius 2 is 1.73 bits per heavy atom. The van der Waals surface area contributed by atoms with E-state index in [9.17, 15) is 23.3 Å². The second-order valence-electron chi connectivity index (χ2n) is 2.46. The molecule has 84 valence electrons. The molecule has 9 heteroatoms. The monoisotopic (exact) mass is 351 g/mol. The van der Waals surface area contributed by atoms with Crippen molar-refractivity contribution in [1.29, 1.82) is 0 Å². The van der Waals surface area contributed by atoms with E-state index in [1.54, 1.807) is 0 Å². The fourth-order valence-corrected chi connectivity index (χ4v) is 4.02. The van der Waals surface area contributed by atoms with Crippen LogP contribution in [0.25, 0.3) is 0 Å². The van der Waals surface area contributed by atoms with Gasteiger partial charge in [-0.2, -0.15) is 0 Å². The van der Waals surface area contributed by atoms with Gasteiger partial charge in [0.15, 0.2) is 0 Å². The second kappa shape index (κ2) is 4.06. The van der Waals surface area contributed by atoms with Gasteiger partial charge >= 0.3 is 19.8 Å². The van der Waals surface area contributed by atoms with Crippen LogP contribution in [0.2, 0.25) is 0 Å². The van der Waals surface area contributed by atoms with E-state index >= 15 is 0 Å². The van der Waals surface area contributed by atoms with Gasteiger partial charge < -0.3 is 0 Å². The van der Waals surface area contributed by atoms with Crippen molar-refractivity contribution in [3.05, 3.63) is 27.3 Å². The van der Waals surface area contributed by atoms with E-state index in [4.69, 9.17) is 0 Å². The van der Waals surface area contributed by atoms with Crippen LogP contribution in [0, 0.1) is 15.2 Å². The van der Waals surface area contributed by atoms with Gasteiger partial charge in [-0.3, -0.25) is 0 Å². The third kappa shape index (κ3) is 2.66. The molecule has 1 rings (SSSR count). The van der Waals surface area contributed by atoms with Gasteiger partial charge in [-0.15, -0.1) is 0 Å². The van der Waals surface area contributed by atoms with Crippen molar-refractivity contribution in [1.82, 2.24) is 0 Å². The van der Waals surface area contributed by atoms with Gasteiger partial charge in [-0.05, 0) is 6.07 Å². The molecule has 0 radical (unpaired) electrons. The predicted octanol–water partition coefficient (Wildman–Crippen LogP) is 0.979. The SMILES string of the molecule is NS(=O)(=O)c1cc(F)cc(F)c1I(=O)=O. The van der Waals surface area contributed by atoms with Crippen LogP contribution in [0.5, 0.6) is 0 Å². The fraction of sp³-hybridized carbons (Fsp3) is 0. The molecule has 0 saturated carbocycles. The van der Waals surface area contributed by atoms with Gasteiger partial charge in [0.1, 0.15) is 20.1 Å². The summed E-state index contributed by atoms with van der Waals surface area (Å²) in [6.07, 6.45) is 0. The van der Waals surface area contributed by atoms with E-state index in [-0.39, 0.29) is 6.07 Å². The zero-order chi connectivity index (χ0) is 11.8. The van der Waals surface area contributed by atoms with Crippen molar-refractivity contribution in [2.45, 2.75) is 4.90 Å². The van der Waals surface area contributed by atoms with Crippen molar-refractivity contribution in [2.75, 3.05) is 0 Å². The van der Waals surface area contributed by atoms with Gasteiger partial charge in [0.25, 0.3) is 0 Å². The average Bonchev–Trinajstić information content (AvgIpc) is 1.99. The lowest BCUT2D eigenvalue weighted by Crippen LogP contribution is -2.15. The van der Waals surface area contributed by atoms with Gasteiger partial charge in [-0.25, -0.2) is 28.5 Å². The minimum Gasteiger partial charge on any atom is -0.230 e. The molecule has 0 amide bonds. The van der Waals surface area contributed by atoms with Crippen molar-refractivity contribution in [3.8, 4) is 0 Å². The smallest absolute Gasteiger partial charge is 0.230 e. The van der Waals surface area contributed by atoms with E-state index in [1.807, 2.05) is 0 Å². The average molecular weight is 351 g/mol. The maximum atomic E-state index is 13.0. The zero-order valence-corrected chi connectivity index (χ0v) is 9.88. The van der Waals surface area contributed by atoms with E-state index in [1.165, 1.54) is 0 Å². The molecule has 5 nitrogen and oxygen atoms in total. The maximum Gasteiger partial charge on any atom is 0.345 e. The molecule has 0 atom stereocenters. The van der Waals surface area contributed by atoms with E-state index in [0.717, 1.165) is 0 Å². The van der Waals surface area contributed by atoms with Gasteiger partial charge in [0, 0.05) is 6.07 Å². The molecule has 0 bridgehead atoms. The molecule has 1 aromatic carbocycles. The number of benzene rings is 1. The standard InChI is InChI=1S/C6H4F2INO4S/c7-3-1-4(8)6(9(11)12)5(2-3)15(10,13)14/h1-2H,(H2,10,13,14). The Bertz CT molecular complexity index is 573. The van der Waals surface area contributed by atoms with E-state index in [0.29, 0.717) is 6.07 Å². The first kappa shape index (κ1) is 12.4. The van der Waals surface area contributed by atoms with Crippen LogP contribution in [-0.2, 0) is 16.2 Å². The number of halogens is 3. The highest BCUT2D eigenvalue weighted by atomic mass is 127. The van der Waals surface area contributed by atoms with Crippen LogP contribution in [0.1, 0.15) is 0 Å². The molecule has 0 fully saturated rings. The van der Waals surface area contributed by atoms with Crippen LogP contribution in [0.4, 0.5) is 8.78 Å². The van der Waals surface area contributed by atoms with Crippen LogP contribution < -0.4 is 5.14 Å². The summed E-state index contributed by atoms with van der Waals surface area (Å²) in [5, 5.41) is 4.62. The molecule has 0 heterocycles. The first-order chi connectivity index (χ1) is 6.73. The largest absolute Gasteiger partial charge is 0.345 e. The minimum absolute atomic E-state index is 0.282. The summed E-state index contributed by atoms with van der Waals surface area (Å²) < 4.78 is 67.6. The van der Waals surface area contributed by atoms with Crippen molar-refractivity contribution in [3.63, 3.8) is 0 Å². The lowest BCUT2D eigenvalue weighted by Gasteiger charge is -2.02. The lowest BCUT2D eigenvalue weighted by molar-refractivity contribution is 0.559. The predicted molar refractivity (Wildman–Crippen MR) is 51.8 cm³/mol. The molecule has 0 saturated heterocycles. The number of nitrogens with two attached hydrogens (primary N) is 1. The Hall–Kier alpha value is -0.680.